The fraction of sp³-hybridized carbons (Fsp3) is 0.929. The average Bonchev–Trinajstić information content (AvgIpc) is 2.31. The number of carbonyl (C=O) groups is 1. The van der Waals surface area contributed by atoms with E-state index in [0.717, 1.165) is 32.1 Å². The average molecular weight is 240 g/mol. The van der Waals surface area contributed by atoms with Gasteiger partial charge >= 0.3 is 0 Å². The molecular weight excluding hydrogens is 212 g/mol. The minimum Gasteiger partial charge on any atom is -0.343 e. The second-order valence-electron chi connectivity index (χ2n) is 5.65. The highest BCUT2D eigenvalue weighted by atomic mass is 16.2. The zero-order valence-corrected chi connectivity index (χ0v) is 11.8. The Kier molecular flexibility index (Phi) is 5.44. The highest BCUT2D eigenvalue weighted by molar-refractivity contribution is 5.79. The van der Waals surface area contributed by atoms with E-state index in [1.54, 1.807) is 0 Å². The van der Waals surface area contributed by atoms with Gasteiger partial charge in [0.15, 0.2) is 0 Å². The van der Waals surface area contributed by atoms with Crippen molar-refractivity contribution in [3.8, 4) is 0 Å². The first-order chi connectivity index (χ1) is 7.99. The van der Waals surface area contributed by atoms with Gasteiger partial charge in [0.2, 0.25) is 5.91 Å². The summed E-state index contributed by atoms with van der Waals surface area (Å²) in [6.07, 6.45) is 5.38. The van der Waals surface area contributed by atoms with Crippen molar-refractivity contribution in [3.05, 3.63) is 0 Å². The van der Waals surface area contributed by atoms with E-state index < -0.39 is 0 Å². The standard InChI is InChI=1S/C14H28N2O/c1-5-7-10(2)16(4)14(17)12-8-6-9-13(15)11(12)3/h10-13H,5-9,15H2,1-4H3. The first-order valence-electron chi connectivity index (χ1n) is 7.01. The molecule has 0 saturated heterocycles. The van der Waals surface area contributed by atoms with Crippen LogP contribution >= 0.6 is 0 Å². The summed E-state index contributed by atoms with van der Waals surface area (Å²) >= 11 is 0. The van der Waals surface area contributed by atoms with Crippen LogP contribution in [-0.2, 0) is 4.79 Å². The van der Waals surface area contributed by atoms with Crippen molar-refractivity contribution in [2.45, 2.75) is 65.0 Å². The topological polar surface area (TPSA) is 46.3 Å². The second kappa shape index (κ2) is 6.39. The van der Waals surface area contributed by atoms with Crippen molar-refractivity contribution < 1.29 is 4.79 Å². The zero-order chi connectivity index (χ0) is 13.0. The summed E-state index contributed by atoms with van der Waals surface area (Å²) in [6, 6.07) is 0.547. The lowest BCUT2D eigenvalue weighted by molar-refractivity contribution is -0.139. The Hall–Kier alpha value is -0.570. The molecule has 0 aromatic rings. The van der Waals surface area contributed by atoms with E-state index in [1.807, 2.05) is 11.9 Å². The molecule has 100 valence electrons. The number of nitrogens with zero attached hydrogens (tertiary/aromatic N) is 1. The molecule has 0 heterocycles. The lowest BCUT2D eigenvalue weighted by Crippen LogP contribution is -2.47. The van der Waals surface area contributed by atoms with Gasteiger partial charge in [0.25, 0.3) is 0 Å². The normalized spacial score (nSPS) is 31.0. The van der Waals surface area contributed by atoms with E-state index in [0.29, 0.717) is 17.9 Å². The first kappa shape index (κ1) is 14.5. The Morgan fingerprint density at radius 2 is 2.12 bits per heavy atom. The number of nitrogens with two attached hydrogens (primary N) is 1. The van der Waals surface area contributed by atoms with Crippen molar-refractivity contribution in [3.63, 3.8) is 0 Å². The molecule has 0 bridgehead atoms. The number of hydrogen-bond donors (Lipinski definition) is 1. The largest absolute Gasteiger partial charge is 0.343 e. The summed E-state index contributed by atoms with van der Waals surface area (Å²) in [4.78, 5) is 14.4. The molecule has 1 rings (SSSR count). The molecule has 3 heteroatoms. The highest BCUT2D eigenvalue weighted by Gasteiger charge is 2.34. The van der Waals surface area contributed by atoms with Crippen LogP contribution in [0, 0.1) is 11.8 Å². The molecule has 1 fully saturated rings. The zero-order valence-electron chi connectivity index (χ0n) is 11.8. The third-order valence-corrected chi connectivity index (χ3v) is 4.40. The molecule has 1 amide bonds. The van der Waals surface area contributed by atoms with Crippen molar-refractivity contribution in [1.82, 2.24) is 4.90 Å². The van der Waals surface area contributed by atoms with Gasteiger partial charge in [-0.25, -0.2) is 0 Å². The summed E-state index contributed by atoms with van der Waals surface area (Å²) in [6.45, 7) is 6.42. The minimum atomic E-state index is 0.142. The van der Waals surface area contributed by atoms with Gasteiger partial charge in [-0.15, -0.1) is 0 Å². The summed E-state index contributed by atoms with van der Waals surface area (Å²) in [5, 5.41) is 0. The van der Waals surface area contributed by atoms with Gasteiger partial charge in [-0.05, 0) is 32.1 Å². The molecule has 0 radical (unpaired) electrons. The van der Waals surface area contributed by atoms with E-state index in [2.05, 4.69) is 20.8 Å². The Labute approximate surface area is 106 Å². The quantitative estimate of drug-likeness (QED) is 0.820. The molecule has 1 saturated carbocycles. The van der Waals surface area contributed by atoms with Crippen LogP contribution in [0.25, 0.3) is 0 Å². The molecule has 0 aromatic heterocycles. The Morgan fingerprint density at radius 3 is 2.71 bits per heavy atom. The molecule has 4 unspecified atom stereocenters. The second-order valence-corrected chi connectivity index (χ2v) is 5.65. The smallest absolute Gasteiger partial charge is 0.225 e. The molecule has 0 spiro atoms. The number of hydrogen-bond acceptors (Lipinski definition) is 2. The van der Waals surface area contributed by atoms with Crippen LogP contribution in [0.3, 0.4) is 0 Å². The maximum absolute atomic E-state index is 12.4. The van der Waals surface area contributed by atoms with Gasteiger partial charge in [0, 0.05) is 25.0 Å². The third kappa shape index (κ3) is 3.44. The number of amides is 1. The van der Waals surface area contributed by atoms with E-state index in [1.165, 1.54) is 0 Å². The Bertz CT molecular complexity index is 255. The van der Waals surface area contributed by atoms with Crippen LogP contribution in [0.1, 0.15) is 52.9 Å². The lowest BCUT2D eigenvalue weighted by atomic mass is 9.76. The molecule has 1 aliphatic carbocycles. The van der Waals surface area contributed by atoms with Crippen molar-refractivity contribution >= 4 is 5.91 Å². The van der Waals surface area contributed by atoms with E-state index >= 15 is 0 Å². The fourth-order valence-electron chi connectivity index (χ4n) is 2.84. The van der Waals surface area contributed by atoms with E-state index in [4.69, 9.17) is 5.73 Å². The van der Waals surface area contributed by atoms with Crippen LogP contribution in [0.5, 0.6) is 0 Å². The van der Waals surface area contributed by atoms with Gasteiger partial charge in [0.1, 0.15) is 0 Å². The predicted molar refractivity (Wildman–Crippen MR) is 71.6 cm³/mol. The lowest BCUT2D eigenvalue weighted by Gasteiger charge is -2.37. The van der Waals surface area contributed by atoms with Crippen LogP contribution in [0.2, 0.25) is 0 Å². The van der Waals surface area contributed by atoms with E-state index in [9.17, 15) is 4.79 Å². The molecule has 2 N–H and O–H groups in total. The molecule has 17 heavy (non-hydrogen) atoms. The molecular formula is C14H28N2O. The molecule has 4 atom stereocenters. The summed E-state index contributed by atoms with van der Waals surface area (Å²) in [7, 11) is 1.94. The summed E-state index contributed by atoms with van der Waals surface area (Å²) in [5.41, 5.74) is 6.07. The molecule has 0 aromatic carbocycles. The summed E-state index contributed by atoms with van der Waals surface area (Å²) in [5.74, 6) is 0.768. The van der Waals surface area contributed by atoms with Crippen LogP contribution in [0.15, 0.2) is 0 Å². The predicted octanol–water partition coefficient (Wildman–Crippen LogP) is 2.40. The maximum atomic E-state index is 12.4. The number of carbonyl (C=O) groups excluding carboxylic acids is 1. The highest BCUT2D eigenvalue weighted by Crippen LogP contribution is 2.30. The third-order valence-electron chi connectivity index (χ3n) is 4.40. The Balaban J connectivity index is 2.61. The molecule has 3 nitrogen and oxygen atoms in total. The van der Waals surface area contributed by atoms with Gasteiger partial charge in [-0.3, -0.25) is 4.79 Å². The maximum Gasteiger partial charge on any atom is 0.225 e. The van der Waals surface area contributed by atoms with Crippen LogP contribution < -0.4 is 5.73 Å². The van der Waals surface area contributed by atoms with Crippen molar-refractivity contribution in [1.29, 1.82) is 0 Å². The van der Waals surface area contributed by atoms with Crippen LogP contribution in [0.4, 0.5) is 0 Å². The monoisotopic (exact) mass is 240 g/mol. The molecule has 0 aliphatic heterocycles. The fourth-order valence-corrected chi connectivity index (χ4v) is 2.84. The first-order valence-corrected chi connectivity index (χ1v) is 7.01. The van der Waals surface area contributed by atoms with E-state index in [-0.39, 0.29) is 12.0 Å². The molecule has 1 aliphatic rings. The Morgan fingerprint density at radius 1 is 1.47 bits per heavy atom. The minimum absolute atomic E-state index is 0.142. The van der Waals surface area contributed by atoms with Gasteiger partial charge in [-0.1, -0.05) is 26.7 Å². The van der Waals surface area contributed by atoms with Crippen molar-refractivity contribution in [2.75, 3.05) is 7.05 Å². The van der Waals surface area contributed by atoms with Gasteiger partial charge in [-0.2, -0.15) is 0 Å². The van der Waals surface area contributed by atoms with Gasteiger partial charge < -0.3 is 10.6 Å². The van der Waals surface area contributed by atoms with Crippen LogP contribution in [-0.4, -0.2) is 29.9 Å². The SMILES string of the molecule is CCCC(C)N(C)C(=O)C1CCCC(N)C1C. The van der Waals surface area contributed by atoms with Crippen molar-refractivity contribution in [2.24, 2.45) is 17.6 Å². The summed E-state index contributed by atoms with van der Waals surface area (Å²) < 4.78 is 0. The van der Waals surface area contributed by atoms with Gasteiger partial charge in [0.05, 0.1) is 0 Å². The number of rotatable bonds is 4.